The first-order chi connectivity index (χ1) is 9.60. The van der Waals surface area contributed by atoms with E-state index in [1.165, 1.54) is 6.07 Å². The maximum Gasteiger partial charge on any atom is 0.269 e. The summed E-state index contributed by atoms with van der Waals surface area (Å²) in [5.74, 6) is 0.769. The van der Waals surface area contributed by atoms with Crippen molar-refractivity contribution in [1.29, 1.82) is 0 Å². The molecule has 0 fully saturated rings. The summed E-state index contributed by atoms with van der Waals surface area (Å²) in [7, 11) is 0. The van der Waals surface area contributed by atoms with Gasteiger partial charge in [-0.2, -0.15) is 0 Å². The molecule has 0 amide bonds. The van der Waals surface area contributed by atoms with Gasteiger partial charge < -0.3 is 9.84 Å². The predicted octanol–water partition coefficient (Wildman–Crippen LogP) is 3.13. The highest BCUT2D eigenvalue weighted by Gasteiger charge is 2.13. The molecule has 6 nitrogen and oxygen atoms in total. The molecule has 1 aromatic carbocycles. The van der Waals surface area contributed by atoms with Gasteiger partial charge in [-0.05, 0) is 18.9 Å². The fourth-order valence-corrected chi connectivity index (χ4v) is 2.08. The number of nitrogens with one attached hydrogen (secondary N) is 1. The Morgan fingerprint density at radius 3 is 2.85 bits per heavy atom. The van der Waals surface area contributed by atoms with E-state index >= 15 is 0 Å². The van der Waals surface area contributed by atoms with E-state index in [-0.39, 0.29) is 16.7 Å². The summed E-state index contributed by atoms with van der Waals surface area (Å²) in [6, 6.07) is 8.62. The number of nitrogens with zero attached hydrogens (tertiary/aromatic N) is 2. The first kappa shape index (κ1) is 14.2. The van der Waals surface area contributed by atoms with E-state index in [1.54, 1.807) is 12.1 Å². The highest BCUT2D eigenvalue weighted by Crippen LogP contribution is 2.21. The summed E-state index contributed by atoms with van der Waals surface area (Å²) < 4.78 is 5.01. The van der Waals surface area contributed by atoms with Gasteiger partial charge >= 0.3 is 0 Å². The third kappa shape index (κ3) is 3.42. The zero-order valence-electron chi connectivity index (χ0n) is 11.5. The molecule has 0 aliphatic rings. The molecule has 1 heterocycles. The molecule has 20 heavy (non-hydrogen) atoms. The summed E-state index contributed by atoms with van der Waals surface area (Å²) in [6.07, 6.45) is 0.831. The number of hydrogen-bond donors (Lipinski definition) is 1. The molecule has 1 unspecified atom stereocenters. The van der Waals surface area contributed by atoms with Crippen molar-refractivity contribution < 1.29 is 9.45 Å². The fraction of sp³-hybridized carbons (Fsp3) is 0.357. The molecule has 0 radical (unpaired) electrons. The average molecular weight is 275 g/mol. The minimum atomic E-state index is -0.378. The lowest BCUT2D eigenvalue weighted by atomic mass is 10.0. The van der Waals surface area contributed by atoms with Crippen LogP contribution in [0.4, 0.5) is 5.69 Å². The van der Waals surface area contributed by atoms with Crippen molar-refractivity contribution in [1.82, 2.24) is 10.5 Å². The van der Waals surface area contributed by atoms with Crippen molar-refractivity contribution in [3.63, 3.8) is 0 Å². The Balaban J connectivity index is 2.07. The van der Waals surface area contributed by atoms with Crippen molar-refractivity contribution in [3.8, 4) is 0 Å². The molecule has 1 N–H and O–H groups in total. The Kier molecular flexibility index (Phi) is 4.47. The van der Waals surface area contributed by atoms with E-state index in [0.717, 1.165) is 23.4 Å². The number of nitro groups is 1. The predicted molar refractivity (Wildman–Crippen MR) is 74.2 cm³/mol. The molecule has 0 saturated heterocycles. The van der Waals surface area contributed by atoms with Crippen molar-refractivity contribution >= 4 is 5.69 Å². The largest absolute Gasteiger partial charge is 0.361 e. The lowest BCUT2D eigenvalue weighted by molar-refractivity contribution is -0.384. The van der Waals surface area contributed by atoms with Crippen molar-refractivity contribution in [3.05, 3.63) is 57.5 Å². The van der Waals surface area contributed by atoms with Crippen LogP contribution >= 0.6 is 0 Å². The molecule has 6 heteroatoms. The van der Waals surface area contributed by atoms with Gasteiger partial charge in [0.2, 0.25) is 0 Å². The SMILES string of the molecule is CCC(NCc1cc(C)on1)c1cccc([N+](=O)[O-])c1. The van der Waals surface area contributed by atoms with E-state index in [2.05, 4.69) is 10.5 Å². The molecule has 0 spiro atoms. The summed E-state index contributed by atoms with van der Waals surface area (Å²) in [5, 5.41) is 18.1. The number of hydrogen-bond acceptors (Lipinski definition) is 5. The quantitative estimate of drug-likeness (QED) is 0.647. The van der Waals surface area contributed by atoms with Crippen LogP contribution in [0.3, 0.4) is 0 Å². The number of aryl methyl sites for hydroxylation is 1. The van der Waals surface area contributed by atoms with Gasteiger partial charge in [0.05, 0.1) is 10.6 Å². The van der Waals surface area contributed by atoms with E-state index in [0.29, 0.717) is 6.54 Å². The van der Waals surface area contributed by atoms with Crippen LogP contribution in [0.1, 0.15) is 36.4 Å². The molecule has 0 bridgehead atoms. The lowest BCUT2D eigenvalue weighted by Crippen LogP contribution is -2.20. The molecule has 0 aliphatic heterocycles. The molecular weight excluding hydrogens is 258 g/mol. The second-order valence-electron chi connectivity index (χ2n) is 4.62. The Labute approximate surface area is 116 Å². The maximum absolute atomic E-state index is 10.8. The molecule has 2 rings (SSSR count). The monoisotopic (exact) mass is 275 g/mol. The lowest BCUT2D eigenvalue weighted by Gasteiger charge is -2.16. The standard InChI is InChI=1S/C14H17N3O3/c1-3-14(15-9-12-7-10(2)20-16-12)11-5-4-6-13(8-11)17(18)19/h4-8,14-15H,3,9H2,1-2H3. The van der Waals surface area contributed by atoms with Gasteiger partial charge in [0.25, 0.3) is 5.69 Å². The Morgan fingerprint density at radius 1 is 1.45 bits per heavy atom. The van der Waals surface area contributed by atoms with Gasteiger partial charge in [-0.3, -0.25) is 10.1 Å². The minimum Gasteiger partial charge on any atom is -0.361 e. The third-order valence-corrected chi connectivity index (χ3v) is 3.10. The first-order valence-electron chi connectivity index (χ1n) is 6.50. The molecule has 2 aromatic rings. The summed E-state index contributed by atoms with van der Waals surface area (Å²) in [5.41, 5.74) is 1.84. The zero-order chi connectivity index (χ0) is 14.5. The molecule has 0 saturated carbocycles. The van der Waals surface area contributed by atoms with Gasteiger partial charge in [-0.1, -0.05) is 24.2 Å². The van der Waals surface area contributed by atoms with E-state index in [9.17, 15) is 10.1 Å². The normalized spacial score (nSPS) is 12.3. The van der Waals surface area contributed by atoms with Gasteiger partial charge in [0.1, 0.15) is 5.76 Å². The van der Waals surface area contributed by atoms with Crippen LogP contribution in [0.25, 0.3) is 0 Å². The summed E-state index contributed by atoms with van der Waals surface area (Å²) >= 11 is 0. The topological polar surface area (TPSA) is 81.2 Å². The van der Waals surface area contributed by atoms with Crippen LogP contribution in [-0.4, -0.2) is 10.1 Å². The molecule has 1 aromatic heterocycles. The Hall–Kier alpha value is -2.21. The van der Waals surface area contributed by atoms with E-state index in [4.69, 9.17) is 4.52 Å². The van der Waals surface area contributed by atoms with Crippen LogP contribution in [0.15, 0.2) is 34.9 Å². The van der Waals surface area contributed by atoms with Crippen LogP contribution in [0.5, 0.6) is 0 Å². The smallest absolute Gasteiger partial charge is 0.269 e. The fourth-order valence-electron chi connectivity index (χ4n) is 2.08. The molecule has 1 atom stereocenters. The Bertz CT molecular complexity index is 595. The highest BCUT2D eigenvalue weighted by atomic mass is 16.6. The second kappa shape index (κ2) is 6.29. The molecular formula is C14H17N3O3. The zero-order valence-corrected chi connectivity index (χ0v) is 11.5. The third-order valence-electron chi connectivity index (χ3n) is 3.10. The van der Waals surface area contributed by atoms with Crippen LogP contribution in [-0.2, 0) is 6.54 Å². The summed E-state index contributed by atoms with van der Waals surface area (Å²) in [4.78, 5) is 10.4. The van der Waals surface area contributed by atoms with Crippen LogP contribution in [0, 0.1) is 17.0 Å². The number of benzene rings is 1. The molecule has 0 aliphatic carbocycles. The van der Waals surface area contributed by atoms with Gasteiger partial charge in [0.15, 0.2) is 0 Å². The van der Waals surface area contributed by atoms with Crippen molar-refractivity contribution in [2.24, 2.45) is 0 Å². The highest BCUT2D eigenvalue weighted by molar-refractivity contribution is 5.35. The van der Waals surface area contributed by atoms with E-state index in [1.807, 2.05) is 26.0 Å². The van der Waals surface area contributed by atoms with Gasteiger partial charge in [0, 0.05) is 30.8 Å². The minimum absolute atomic E-state index is 0.0481. The number of rotatable bonds is 6. The summed E-state index contributed by atoms with van der Waals surface area (Å²) in [6.45, 7) is 4.44. The first-order valence-corrected chi connectivity index (χ1v) is 6.50. The number of aromatic nitrogens is 1. The number of nitro benzene ring substituents is 1. The van der Waals surface area contributed by atoms with Crippen LogP contribution in [0.2, 0.25) is 0 Å². The molecule has 106 valence electrons. The average Bonchev–Trinajstić information content (AvgIpc) is 2.85. The number of non-ortho nitro benzene ring substituents is 1. The second-order valence-corrected chi connectivity index (χ2v) is 4.62. The Morgan fingerprint density at radius 2 is 2.25 bits per heavy atom. The van der Waals surface area contributed by atoms with Gasteiger partial charge in [-0.15, -0.1) is 0 Å². The maximum atomic E-state index is 10.8. The van der Waals surface area contributed by atoms with Gasteiger partial charge in [-0.25, -0.2) is 0 Å². The van der Waals surface area contributed by atoms with Crippen molar-refractivity contribution in [2.75, 3.05) is 0 Å². The van der Waals surface area contributed by atoms with Crippen molar-refractivity contribution in [2.45, 2.75) is 32.9 Å². The van der Waals surface area contributed by atoms with E-state index < -0.39 is 0 Å². The van der Waals surface area contributed by atoms with Crippen LogP contribution < -0.4 is 5.32 Å².